The zero-order valence-corrected chi connectivity index (χ0v) is 14.7. The van der Waals surface area contributed by atoms with E-state index in [1.54, 1.807) is 11.0 Å². The Labute approximate surface area is 155 Å². The lowest BCUT2D eigenvalue weighted by Crippen LogP contribution is -2.26. The Balaban J connectivity index is 1.58. The van der Waals surface area contributed by atoms with Crippen LogP contribution in [0.1, 0.15) is 27.4 Å². The number of hydrogen-bond donors (Lipinski definition) is 0. The van der Waals surface area contributed by atoms with Gasteiger partial charge in [-0.25, -0.2) is 4.68 Å². The number of amides is 1. The van der Waals surface area contributed by atoms with Gasteiger partial charge in [0.15, 0.2) is 0 Å². The molecule has 1 aliphatic heterocycles. The van der Waals surface area contributed by atoms with Gasteiger partial charge in [-0.15, -0.1) is 0 Å². The van der Waals surface area contributed by atoms with E-state index in [1.165, 1.54) is 11.8 Å². The number of nitrogens with zero attached hydrogens (tertiary/aromatic N) is 5. The summed E-state index contributed by atoms with van der Waals surface area (Å²) in [6.45, 7) is 2.99. The number of rotatable bonds is 3. The van der Waals surface area contributed by atoms with Crippen LogP contribution in [0, 0.1) is 6.92 Å². The van der Waals surface area contributed by atoms with Gasteiger partial charge in [0, 0.05) is 24.0 Å². The van der Waals surface area contributed by atoms with Crippen LogP contribution in [0.3, 0.4) is 0 Å². The van der Waals surface area contributed by atoms with Gasteiger partial charge in [-0.2, -0.15) is 5.10 Å². The molecule has 0 N–H and O–H groups in total. The van der Waals surface area contributed by atoms with Gasteiger partial charge in [0.1, 0.15) is 5.82 Å². The molecule has 4 aromatic rings. The molecule has 0 fully saturated rings. The second-order valence-electron chi connectivity index (χ2n) is 6.63. The molecule has 1 aliphatic rings. The van der Waals surface area contributed by atoms with Crippen molar-refractivity contribution < 1.29 is 9.32 Å². The van der Waals surface area contributed by atoms with E-state index >= 15 is 0 Å². The molecule has 5 rings (SSSR count). The number of aromatic nitrogens is 4. The van der Waals surface area contributed by atoms with Gasteiger partial charge < -0.3 is 14.0 Å². The average Bonchev–Trinajstić information content (AvgIpc) is 3.44. The summed E-state index contributed by atoms with van der Waals surface area (Å²) in [7, 11) is 0. The zero-order chi connectivity index (χ0) is 18.4. The second kappa shape index (κ2) is 5.98. The maximum absolute atomic E-state index is 12.6. The molecule has 27 heavy (non-hydrogen) atoms. The molecule has 3 aromatic heterocycles. The van der Waals surface area contributed by atoms with Crippen LogP contribution in [0.15, 0.2) is 65.6 Å². The predicted octanol–water partition coefficient (Wildman–Crippen LogP) is 3.12. The highest BCUT2D eigenvalue weighted by atomic mass is 16.5. The zero-order valence-electron chi connectivity index (χ0n) is 14.7. The van der Waals surface area contributed by atoms with Crippen LogP contribution in [0.5, 0.6) is 0 Å². The summed E-state index contributed by atoms with van der Waals surface area (Å²) in [5.41, 5.74) is 4.11. The van der Waals surface area contributed by atoms with Crippen LogP contribution in [-0.4, -0.2) is 30.3 Å². The highest BCUT2D eigenvalue weighted by Gasteiger charge is 2.32. The molecule has 134 valence electrons. The third-order valence-electron chi connectivity index (χ3n) is 4.76. The lowest BCUT2D eigenvalue weighted by molar-refractivity contribution is 0.0707. The van der Waals surface area contributed by atoms with E-state index in [2.05, 4.69) is 24.2 Å². The summed E-state index contributed by atoms with van der Waals surface area (Å²) < 4.78 is 9.01. The summed E-state index contributed by atoms with van der Waals surface area (Å²) in [5.74, 6) is 1.02. The summed E-state index contributed by atoms with van der Waals surface area (Å²) in [5, 5.41) is 8.45. The molecule has 0 unspecified atom stereocenters. The number of carbonyl (C=O) groups excluding carboxylic acids is 1. The third kappa shape index (κ3) is 2.55. The summed E-state index contributed by atoms with van der Waals surface area (Å²) in [4.78, 5) is 14.4. The minimum absolute atomic E-state index is 0.175. The number of carbonyl (C=O) groups is 1. The van der Waals surface area contributed by atoms with Gasteiger partial charge in [0.05, 0.1) is 30.7 Å². The van der Waals surface area contributed by atoms with Gasteiger partial charge in [0.25, 0.3) is 5.91 Å². The van der Waals surface area contributed by atoms with Crippen molar-refractivity contribution in [3.8, 4) is 11.5 Å². The molecule has 0 aliphatic carbocycles. The monoisotopic (exact) mass is 359 g/mol. The minimum atomic E-state index is -0.175. The summed E-state index contributed by atoms with van der Waals surface area (Å²) in [6, 6.07) is 13.8. The Morgan fingerprint density at radius 3 is 2.70 bits per heavy atom. The van der Waals surface area contributed by atoms with Gasteiger partial charge in [-0.05, 0) is 36.8 Å². The normalized spacial score (nSPS) is 13.1. The first-order chi connectivity index (χ1) is 13.2. The first-order valence-electron chi connectivity index (χ1n) is 8.72. The Morgan fingerprint density at radius 1 is 1.11 bits per heavy atom. The van der Waals surface area contributed by atoms with Gasteiger partial charge >= 0.3 is 0 Å². The molecule has 0 spiro atoms. The fourth-order valence-corrected chi connectivity index (χ4v) is 3.51. The van der Waals surface area contributed by atoms with Crippen molar-refractivity contribution in [3.05, 3.63) is 83.6 Å². The van der Waals surface area contributed by atoms with Crippen LogP contribution in [0.4, 0.5) is 0 Å². The van der Waals surface area contributed by atoms with Crippen LogP contribution in [0.2, 0.25) is 0 Å². The lowest BCUT2D eigenvalue weighted by atomic mass is 10.2. The first kappa shape index (κ1) is 15.6. The smallest absolute Gasteiger partial charge is 0.293 e. The molecular weight excluding hydrogens is 342 g/mol. The molecular formula is C20H17N5O2. The molecule has 0 saturated carbocycles. The van der Waals surface area contributed by atoms with Crippen molar-refractivity contribution in [2.75, 3.05) is 0 Å². The lowest BCUT2D eigenvalue weighted by Gasteiger charge is -2.16. The van der Waals surface area contributed by atoms with Crippen molar-refractivity contribution in [1.82, 2.24) is 24.4 Å². The highest BCUT2D eigenvalue weighted by Crippen LogP contribution is 2.31. The Bertz CT molecular complexity index is 1110. The fourth-order valence-electron chi connectivity index (χ4n) is 3.51. The van der Waals surface area contributed by atoms with E-state index in [1.807, 2.05) is 45.9 Å². The van der Waals surface area contributed by atoms with Crippen molar-refractivity contribution in [2.45, 2.75) is 20.0 Å². The molecule has 0 saturated heterocycles. The molecule has 0 bridgehead atoms. The fraction of sp³-hybridized carbons (Fsp3) is 0.150. The topological polar surface area (TPSA) is 69.1 Å². The Morgan fingerprint density at radius 2 is 1.96 bits per heavy atom. The number of hydrogen-bond acceptors (Lipinski definition) is 4. The SMILES string of the molecule is Cc1cccc(-n2nc3c(c2-n2cccc2)CN(C(=O)c2ccno2)C3)c1. The molecule has 4 heterocycles. The predicted molar refractivity (Wildman–Crippen MR) is 97.7 cm³/mol. The Hall–Kier alpha value is -3.61. The van der Waals surface area contributed by atoms with Crippen LogP contribution < -0.4 is 0 Å². The minimum Gasteiger partial charge on any atom is -0.351 e. The van der Waals surface area contributed by atoms with Crippen molar-refractivity contribution in [3.63, 3.8) is 0 Å². The highest BCUT2D eigenvalue weighted by molar-refractivity contribution is 5.91. The van der Waals surface area contributed by atoms with Crippen molar-refractivity contribution in [2.24, 2.45) is 0 Å². The van der Waals surface area contributed by atoms with E-state index in [9.17, 15) is 4.79 Å². The Kier molecular flexibility index (Phi) is 3.46. The van der Waals surface area contributed by atoms with Gasteiger partial charge in [-0.1, -0.05) is 17.3 Å². The standard InChI is InChI=1S/C20H17N5O2/c1-14-5-4-6-15(11-14)25-19(23-9-2-3-10-23)16-12-24(13-17(16)22-25)20(26)18-7-8-21-27-18/h2-11H,12-13H2,1H3. The first-order valence-corrected chi connectivity index (χ1v) is 8.72. The largest absolute Gasteiger partial charge is 0.351 e. The van der Waals surface area contributed by atoms with E-state index < -0.39 is 0 Å². The van der Waals surface area contributed by atoms with Gasteiger partial charge in [0.2, 0.25) is 5.76 Å². The average molecular weight is 359 g/mol. The molecule has 0 radical (unpaired) electrons. The van der Waals surface area contributed by atoms with Crippen LogP contribution >= 0.6 is 0 Å². The maximum Gasteiger partial charge on any atom is 0.293 e. The van der Waals surface area contributed by atoms with Crippen LogP contribution in [0.25, 0.3) is 11.5 Å². The maximum atomic E-state index is 12.6. The van der Waals surface area contributed by atoms with Crippen LogP contribution in [-0.2, 0) is 13.1 Å². The van der Waals surface area contributed by atoms with E-state index in [0.717, 1.165) is 22.8 Å². The quantitative estimate of drug-likeness (QED) is 0.564. The molecule has 0 atom stereocenters. The van der Waals surface area contributed by atoms with E-state index in [0.29, 0.717) is 13.1 Å². The molecule has 7 nitrogen and oxygen atoms in total. The molecule has 1 aromatic carbocycles. The molecule has 1 amide bonds. The van der Waals surface area contributed by atoms with Crippen molar-refractivity contribution >= 4 is 5.91 Å². The van der Waals surface area contributed by atoms with E-state index in [-0.39, 0.29) is 11.7 Å². The third-order valence-corrected chi connectivity index (χ3v) is 4.76. The summed E-state index contributed by atoms with van der Waals surface area (Å²) in [6.07, 6.45) is 5.46. The second-order valence-corrected chi connectivity index (χ2v) is 6.63. The molecule has 7 heteroatoms. The number of benzene rings is 1. The van der Waals surface area contributed by atoms with Crippen molar-refractivity contribution in [1.29, 1.82) is 0 Å². The van der Waals surface area contributed by atoms with Gasteiger partial charge in [-0.3, -0.25) is 4.79 Å². The number of aryl methyl sites for hydroxylation is 1. The number of fused-ring (bicyclic) bond motifs is 1. The van der Waals surface area contributed by atoms with E-state index in [4.69, 9.17) is 9.62 Å². The summed E-state index contributed by atoms with van der Waals surface area (Å²) >= 11 is 0.